The number of hydrogen-bond donors (Lipinski definition) is 2. The zero-order valence-corrected chi connectivity index (χ0v) is 13.3. The number of nitrogens with one attached hydrogen (secondary N) is 1. The summed E-state index contributed by atoms with van der Waals surface area (Å²) in [5.74, 6) is 0.559. The van der Waals surface area contributed by atoms with E-state index in [0.29, 0.717) is 10.7 Å². The molecule has 0 radical (unpaired) electrons. The number of benzene rings is 1. The van der Waals surface area contributed by atoms with E-state index in [1.165, 1.54) is 6.42 Å². The molecule has 1 atom stereocenters. The second-order valence-corrected chi connectivity index (χ2v) is 6.62. The van der Waals surface area contributed by atoms with Gasteiger partial charge in [-0.25, -0.2) is 0 Å². The topological polar surface area (TPSA) is 64.3 Å². The van der Waals surface area contributed by atoms with E-state index in [1.807, 2.05) is 0 Å². The van der Waals surface area contributed by atoms with Crippen molar-refractivity contribution >= 4 is 23.1 Å². The number of nitrogens with two attached hydrogens (primary N) is 1. The molecule has 0 bridgehead atoms. The van der Waals surface area contributed by atoms with Crippen molar-refractivity contribution in [1.82, 2.24) is 5.32 Å². The van der Waals surface area contributed by atoms with Gasteiger partial charge in [0.2, 0.25) is 0 Å². The van der Waals surface area contributed by atoms with Gasteiger partial charge in [-0.15, -0.1) is 0 Å². The number of hydrogen-bond acceptors (Lipinski definition) is 3. The number of ether oxygens (including phenoxy) is 1. The maximum atomic E-state index is 12.0. The van der Waals surface area contributed by atoms with E-state index in [-0.39, 0.29) is 24.0 Å². The fraction of sp³-hybridized carbons (Fsp3) is 0.500. The van der Waals surface area contributed by atoms with Crippen molar-refractivity contribution in [2.45, 2.75) is 39.2 Å². The average molecular weight is 306 g/mol. The molecular weight excluding hydrogens is 284 g/mol. The quantitative estimate of drug-likeness (QED) is 0.820. The molecule has 21 heavy (non-hydrogen) atoms. The first-order valence-electron chi connectivity index (χ1n) is 7.20. The predicted molar refractivity (Wildman–Crippen MR) is 87.4 cm³/mol. The van der Waals surface area contributed by atoms with Crippen molar-refractivity contribution in [3.05, 3.63) is 29.8 Å². The van der Waals surface area contributed by atoms with Crippen LogP contribution >= 0.6 is 12.2 Å². The number of thiocarbonyl (C=S) groups is 1. The summed E-state index contributed by atoms with van der Waals surface area (Å²) in [4.78, 5) is 12.3. The molecular formula is C16H22N2O2S. The van der Waals surface area contributed by atoms with Crippen LogP contribution in [0.2, 0.25) is 0 Å². The summed E-state index contributed by atoms with van der Waals surface area (Å²) in [6.45, 7) is 4.42. The lowest BCUT2D eigenvalue weighted by Gasteiger charge is -2.27. The number of rotatable bonds is 5. The molecule has 1 aromatic rings. The Morgan fingerprint density at radius 2 is 2.10 bits per heavy atom. The van der Waals surface area contributed by atoms with Crippen LogP contribution in [0.3, 0.4) is 0 Å². The molecule has 3 N–H and O–H groups in total. The van der Waals surface area contributed by atoms with Gasteiger partial charge < -0.3 is 15.8 Å². The molecule has 4 nitrogen and oxygen atoms in total. The van der Waals surface area contributed by atoms with Gasteiger partial charge in [-0.2, -0.15) is 0 Å². The minimum Gasteiger partial charge on any atom is -0.484 e. The zero-order valence-electron chi connectivity index (χ0n) is 12.5. The predicted octanol–water partition coefficient (Wildman–Crippen LogP) is 2.39. The molecule has 0 aromatic heterocycles. The lowest BCUT2D eigenvalue weighted by atomic mass is 9.87. The Morgan fingerprint density at radius 3 is 2.62 bits per heavy atom. The summed E-state index contributed by atoms with van der Waals surface area (Å²) >= 11 is 4.89. The second-order valence-electron chi connectivity index (χ2n) is 6.18. The summed E-state index contributed by atoms with van der Waals surface area (Å²) < 4.78 is 5.48. The van der Waals surface area contributed by atoms with Crippen molar-refractivity contribution in [1.29, 1.82) is 0 Å². The minimum absolute atomic E-state index is 0.0268. The normalized spacial score (nSPS) is 20.0. The summed E-state index contributed by atoms with van der Waals surface area (Å²) in [5, 5.41) is 3.06. The van der Waals surface area contributed by atoms with Crippen molar-refractivity contribution < 1.29 is 9.53 Å². The Hall–Kier alpha value is -1.62. The Balaban J connectivity index is 1.82. The SMILES string of the molecule is CC1(C)CCCC1NC(=O)COc1ccc(C(N)=S)cc1. The van der Waals surface area contributed by atoms with Gasteiger partial charge in [-0.3, -0.25) is 4.79 Å². The maximum Gasteiger partial charge on any atom is 0.258 e. The zero-order chi connectivity index (χ0) is 15.5. The summed E-state index contributed by atoms with van der Waals surface area (Å²) in [7, 11) is 0. The first-order valence-corrected chi connectivity index (χ1v) is 7.61. The highest BCUT2D eigenvalue weighted by Crippen LogP contribution is 2.37. The van der Waals surface area contributed by atoms with Crippen LogP contribution in [0.25, 0.3) is 0 Å². The van der Waals surface area contributed by atoms with Gasteiger partial charge in [0.1, 0.15) is 10.7 Å². The molecule has 0 saturated heterocycles. The van der Waals surface area contributed by atoms with Crippen LogP contribution in [0.1, 0.15) is 38.7 Å². The molecule has 5 heteroatoms. The highest BCUT2D eigenvalue weighted by Gasteiger charge is 2.35. The van der Waals surface area contributed by atoms with Gasteiger partial charge in [0.05, 0.1) is 0 Å². The van der Waals surface area contributed by atoms with Crippen LogP contribution in [0.5, 0.6) is 5.75 Å². The van der Waals surface area contributed by atoms with Gasteiger partial charge in [-0.1, -0.05) is 32.5 Å². The Labute approximate surface area is 131 Å². The van der Waals surface area contributed by atoms with E-state index >= 15 is 0 Å². The molecule has 0 aliphatic heterocycles. The molecule has 1 aromatic carbocycles. The fourth-order valence-electron chi connectivity index (χ4n) is 2.69. The van der Waals surface area contributed by atoms with E-state index in [9.17, 15) is 4.79 Å². The second kappa shape index (κ2) is 6.43. The molecule has 2 rings (SSSR count). The van der Waals surface area contributed by atoms with Crippen molar-refractivity contribution in [2.24, 2.45) is 11.1 Å². The van der Waals surface area contributed by atoms with E-state index in [2.05, 4.69) is 19.2 Å². The Bertz CT molecular complexity index is 526. The largest absolute Gasteiger partial charge is 0.484 e. The Kier molecular flexibility index (Phi) is 4.83. The fourth-order valence-corrected chi connectivity index (χ4v) is 2.83. The molecule has 0 heterocycles. The van der Waals surface area contributed by atoms with Gasteiger partial charge >= 0.3 is 0 Å². The first kappa shape index (κ1) is 15.8. The van der Waals surface area contributed by atoms with Gasteiger partial charge in [-0.05, 0) is 42.5 Å². The third-order valence-corrected chi connectivity index (χ3v) is 4.34. The van der Waals surface area contributed by atoms with Crippen LogP contribution in [0.4, 0.5) is 0 Å². The number of carbonyl (C=O) groups excluding carboxylic acids is 1. The number of carbonyl (C=O) groups is 1. The molecule has 0 spiro atoms. The smallest absolute Gasteiger partial charge is 0.258 e. The molecule has 1 aliphatic rings. The molecule has 1 saturated carbocycles. The van der Waals surface area contributed by atoms with Gasteiger partial charge in [0.15, 0.2) is 6.61 Å². The summed E-state index contributed by atoms with van der Waals surface area (Å²) in [6.07, 6.45) is 3.36. The van der Waals surface area contributed by atoms with Crippen LogP contribution in [-0.4, -0.2) is 23.5 Å². The number of amides is 1. The monoisotopic (exact) mass is 306 g/mol. The third-order valence-electron chi connectivity index (χ3n) is 4.10. The molecule has 1 fully saturated rings. The van der Waals surface area contributed by atoms with E-state index in [4.69, 9.17) is 22.7 Å². The maximum absolute atomic E-state index is 12.0. The molecule has 1 aliphatic carbocycles. The molecule has 114 valence electrons. The Morgan fingerprint density at radius 1 is 1.43 bits per heavy atom. The first-order chi connectivity index (χ1) is 9.88. The lowest BCUT2D eigenvalue weighted by molar-refractivity contribution is -0.124. The van der Waals surface area contributed by atoms with Crippen LogP contribution in [0.15, 0.2) is 24.3 Å². The van der Waals surface area contributed by atoms with Gasteiger partial charge in [0, 0.05) is 11.6 Å². The van der Waals surface area contributed by atoms with E-state index in [1.54, 1.807) is 24.3 Å². The standard InChI is InChI=1S/C16H22N2O2S/c1-16(2)9-3-4-13(16)18-14(19)10-20-12-7-5-11(6-8-12)15(17)21/h5-8,13H,3-4,9-10H2,1-2H3,(H2,17,21)(H,18,19). The molecule has 1 unspecified atom stereocenters. The van der Waals surface area contributed by atoms with Crippen LogP contribution in [-0.2, 0) is 4.79 Å². The van der Waals surface area contributed by atoms with E-state index < -0.39 is 0 Å². The highest BCUT2D eigenvalue weighted by atomic mass is 32.1. The van der Waals surface area contributed by atoms with E-state index in [0.717, 1.165) is 18.4 Å². The average Bonchev–Trinajstić information content (AvgIpc) is 2.76. The highest BCUT2D eigenvalue weighted by molar-refractivity contribution is 7.80. The third kappa shape index (κ3) is 4.17. The minimum atomic E-state index is -0.0756. The lowest BCUT2D eigenvalue weighted by Crippen LogP contribution is -2.43. The molecule has 1 amide bonds. The van der Waals surface area contributed by atoms with Crippen LogP contribution < -0.4 is 15.8 Å². The van der Waals surface area contributed by atoms with Crippen molar-refractivity contribution in [3.8, 4) is 5.75 Å². The van der Waals surface area contributed by atoms with Crippen molar-refractivity contribution in [3.63, 3.8) is 0 Å². The summed E-state index contributed by atoms with van der Waals surface area (Å²) in [6, 6.07) is 7.35. The van der Waals surface area contributed by atoms with Crippen molar-refractivity contribution in [2.75, 3.05) is 6.61 Å². The van der Waals surface area contributed by atoms with Gasteiger partial charge in [0.25, 0.3) is 5.91 Å². The summed E-state index contributed by atoms with van der Waals surface area (Å²) in [5.41, 5.74) is 6.49. The van der Waals surface area contributed by atoms with Crippen LogP contribution in [0, 0.1) is 5.41 Å².